The van der Waals surface area contributed by atoms with Crippen LogP contribution in [0.2, 0.25) is 0 Å². The Bertz CT molecular complexity index is 508. The maximum absolute atomic E-state index is 13.3. The lowest BCUT2D eigenvalue weighted by molar-refractivity contribution is 0.281. The summed E-state index contributed by atoms with van der Waals surface area (Å²) < 4.78 is 13.3. The molecule has 0 unspecified atom stereocenters. The Balaban J connectivity index is 2.23. The second-order valence-corrected chi connectivity index (χ2v) is 5.02. The zero-order valence-corrected chi connectivity index (χ0v) is 10.3. The zero-order chi connectivity index (χ0) is 12.3. The highest BCUT2D eigenvalue weighted by Crippen LogP contribution is 2.29. The summed E-state index contributed by atoms with van der Waals surface area (Å²) in [4.78, 5) is 1.86. The lowest BCUT2D eigenvalue weighted by Gasteiger charge is -2.04. The van der Waals surface area contributed by atoms with Gasteiger partial charge in [0.2, 0.25) is 0 Å². The van der Waals surface area contributed by atoms with Crippen molar-refractivity contribution in [2.75, 3.05) is 0 Å². The van der Waals surface area contributed by atoms with Crippen molar-refractivity contribution in [1.82, 2.24) is 0 Å². The second-order valence-electron chi connectivity index (χ2n) is 3.87. The van der Waals surface area contributed by atoms with Gasteiger partial charge in [0.05, 0.1) is 6.61 Å². The van der Waals surface area contributed by atoms with Crippen molar-refractivity contribution in [3.8, 4) is 0 Å². The molecule has 0 aromatic heterocycles. The van der Waals surface area contributed by atoms with E-state index in [2.05, 4.69) is 0 Å². The predicted octanol–water partition coefficient (Wildman–Crippen LogP) is 3.78. The Morgan fingerprint density at radius 3 is 2.41 bits per heavy atom. The third kappa shape index (κ3) is 3.32. The summed E-state index contributed by atoms with van der Waals surface area (Å²) in [6, 6.07) is 12.7. The summed E-state index contributed by atoms with van der Waals surface area (Å²) in [7, 11) is 0. The van der Waals surface area contributed by atoms with E-state index in [0.29, 0.717) is 5.56 Å². The zero-order valence-electron chi connectivity index (χ0n) is 9.48. The first-order chi connectivity index (χ1) is 8.17. The smallest absolute Gasteiger partial charge is 0.124 e. The maximum Gasteiger partial charge on any atom is 0.124 e. The van der Waals surface area contributed by atoms with Gasteiger partial charge in [-0.15, -0.1) is 0 Å². The van der Waals surface area contributed by atoms with E-state index in [-0.39, 0.29) is 12.4 Å². The minimum Gasteiger partial charge on any atom is -0.392 e. The Kier molecular flexibility index (Phi) is 3.82. The molecule has 1 N–H and O–H groups in total. The average molecular weight is 248 g/mol. The van der Waals surface area contributed by atoms with Crippen LogP contribution < -0.4 is 0 Å². The quantitative estimate of drug-likeness (QED) is 0.892. The fourth-order valence-corrected chi connectivity index (χ4v) is 2.44. The van der Waals surface area contributed by atoms with Crippen molar-refractivity contribution in [1.29, 1.82) is 0 Å². The molecule has 88 valence electrons. The molecule has 0 fully saturated rings. The van der Waals surface area contributed by atoms with Crippen LogP contribution in [0.15, 0.2) is 52.3 Å². The number of aryl methyl sites for hydroxylation is 1. The molecule has 2 aromatic carbocycles. The molecule has 2 rings (SSSR count). The number of hydrogen-bond acceptors (Lipinski definition) is 2. The van der Waals surface area contributed by atoms with Crippen LogP contribution in [0, 0.1) is 12.7 Å². The highest BCUT2D eigenvalue weighted by molar-refractivity contribution is 7.99. The fourth-order valence-electron chi connectivity index (χ4n) is 1.51. The van der Waals surface area contributed by atoms with E-state index >= 15 is 0 Å². The molecule has 0 spiro atoms. The van der Waals surface area contributed by atoms with Crippen LogP contribution in [0.25, 0.3) is 0 Å². The van der Waals surface area contributed by atoms with Crippen molar-refractivity contribution in [3.63, 3.8) is 0 Å². The molecule has 0 heterocycles. The minimum absolute atomic E-state index is 0.140. The summed E-state index contributed by atoms with van der Waals surface area (Å²) in [6.07, 6.45) is 0. The Labute approximate surface area is 104 Å². The molecule has 17 heavy (non-hydrogen) atoms. The molecule has 2 aromatic rings. The highest BCUT2D eigenvalue weighted by Gasteiger charge is 2.02. The molecule has 0 saturated carbocycles. The number of aliphatic hydroxyl groups excluding tert-OH is 1. The van der Waals surface area contributed by atoms with Crippen molar-refractivity contribution in [2.24, 2.45) is 0 Å². The molecule has 0 aliphatic carbocycles. The molecule has 0 atom stereocenters. The molecular weight excluding hydrogens is 235 g/mol. The van der Waals surface area contributed by atoms with Gasteiger partial charge in [0.1, 0.15) is 5.82 Å². The van der Waals surface area contributed by atoms with E-state index in [1.54, 1.807) is 6.07 Å². The number of aliphatic hydroxyl groups is 1. The monoisotopic (exact) mass is 248 g/mol. The van der Waals surface area contributed by atoms with E-state index in [0.717, 1.165) is 9.79 Å². The van der Waals surface area contributed by atoms with E-state index in [4.69, 9.17) is 5.11 Å². The van der Waals surface area contributed by atoms with Gasteiger partial charge in [-0.25, -0.2) is 4.39 Å². The van der Waals surface area contributed by atoms with Crippen molar-refractivity contribution in [2.45, 2.75) is 23.3 Å². The van der Waals surface area contributed by atoms with Gasteiger partial charge < -0.3 is 5.11 Å². The number of rotatable bonds is 3. The van der Waals surface area contributed by atoms with Crippen LogP contribution in [0.3, 0.4) is 0 Å². The molecule has 0 radical (unpaired) electrons. The fraction of sp³-hybridized carbons (Fsp3) is 0.143. The number of benzene rings is 2. The highest BCUT2D eigenvalue weighted by atomic mass is 32.2. The summed E-state index contributed by atoms with van der Waals surface area (Å²) in [5, 5.41) is 9.01. The molecule has 0 saturated heterocycles. The topological polar surface area (TPSA) is 20.2 Å². The maximum atomic E-state index is 13.3. The van der Waals surface area contributed by atoms with Crippen LogP contribution in [0.4, 0.5) is 4.39 Å². The number of halogens is 1. The Morgan fingerprint density at radius 2 is 1.76 bits per heavy atom. The number of hydrogen-bond donors (Lipinski definition) is 1. The van der Waals surface area contributed by atoms with Gasteiger partial charge in [-0.05, 0) is 42.8 Å². The lowest BCUT2D eigenvalue weighted by atomic mass is 10.2. The summed E-state index contributed by atoms with van der Waals surface area (Å²) in [5.74, 6) is -0.314. The molecule has 0 bridgehead atoms. The standard InChI is InChI=1S/C14H13FOS/c1-10-2-4-13(5-3-10)17-14-7-11(9-16)6-12(15)8-14/h2-8,16H,9H2,1H3. The Morgan fingerprint density at radius 1 is 1.06 bits per heavy atom. The third-order valence-corrected chi connectivity index (χ3v) is 3.35. The van der Waals surface area contributed by atoms with Crippen LogP contribution in [0.1, 0.15) is 11.1 Å². The average Bonchev–Trinajstić information content (AvgIpc) is 2.31. The molecule has 0 aliphatic heterocycles. The largest absolute Gasteiger partial charge is 0.392 e. The minimum atomic E-state index is -0.314. The van der Waals surface area contributed by atoms with Crippen molar-refractivity contribution < 1.29 is 9.50 Å². The first-order valence-corrected chi connectivity index (χ1v) is 6.14. The van der Waals surface area contributed by atoms with E-state index in [1.807, 2.05) is 31.2 Å². The van der Waals surface area contributed by atoms with Crippen LogP contribution in [0.5, 0.6) is 0 Å². The summed E-state index contributed by atoms with van der Waals surface area (Å²) in [5.41, 5.74) is 1.80. The second kappa shape index (κ2) is 5.34. The molecule has 0 amide bonds. The summed E-state index contributed by atoms with van der Waals surface area (Å²) >= 11 is 1.49. The first kappa shape index (κ1) is 12.1. The van der Waals surface area contributed by atoms with Crippen molar-refractivity contribution in [3.05, 3.63) is 59.4 Å². The normalized spacial score (nSPS) is 10.5. The third-order valence-electron chi connectivity index (χ3n) is 2.37. The Hall–Kier alpha value is -1.32. The van der Waals surface area contributed by atoms with Gasteiger partial charge in [-0.1, -0.05) is 29.5 Å². The van der Waals surface area contributed by atoms with Crippen LogP contribution in [-0.2, 0) is 6.61 Å². The van der Waals surface area contributed by atoms with E-state index in [9.17, 15) is 4.39 Å². The van der Waals surface area contributed by atoms with Gasteiger partial charge >= 0.3 is 0 Å². The molecule has 1 nitrogen and oxygen atoms in total. The van der Waals surface area contributed by atoms with E-state index in [1.165, 1.54) is 29.5 Å². The SMILES string of the molecule is Cc1ccc(Sc2cc(F)cc(CO)c2)cc1. The van der Waals surface area contributed by atoms with Crippen LogP contribution in [-0.4, -0.2) is 5.11 Å². The van der Waals surface area contributed by atoms with Crippen molar-refractivity contribution >= 4 is 11.8 Å². The molecule has 3 heteroatoms. The molecular formula is C14H13FOS. The van der Waals surface area contributed by atoms with Crippen LogP contribution >= 0.6 is 11.8 Å². The van der Waals surface area contributed by atoms with Gasteiger partial charge in [0.15, 0.2) is 0 Å². The predicted molar refractivity (Wildman–Crippen MR) is 67.6 cm³/mol. The van der Waals surface area contributed by atoms with Gasteiger partial charge in [0, 0.05) is 9.79 Å². The van der Waals surface area contributed by atoms with Gasteiger partial charge in [-0.3, -0.25) is 0 Å². The lowest BCUT2D eigenvalue weighted by Crippen LogP contribution is -1.86. The summed E-state index contributed by atoms with van der Waals surface area (Å²) in [6.45, 7) is 1.89. The van der Waals surface area contributed by atoms with Gasteiger partial charge in [-0.2, -0.15) is 0 Å². The van der Waals surface area contributed by atoms with Gasteiger partial charge in [0.25, 0.3) is 0 Å². The first-order valence-electron chi connectivity index (χ1n) is 5.32. The molecule has 0 aliphatic rings. The van der Waals surface area contributed by atoms with E-state index < -0.39 is 0 Å².